The van der Waals surface area contributed by atoms with E-state index in [1.807, 2.05) is 32.0 Å². The van der Waals surface area contributed by atoms with Gasteiger partial charge in [-0.05, 0) is 59.6 Å². The third-order valence-corrected chi connectivity index (χ3v) is 5.72. The summed E-state index contributed by atoms with van der Waals surface area (Å²) in [4.78, 5) is 19.4. The first kappa shape index (κ1) is 22.9. The van der Waals surface area contributed by atoms with E-state index in [1.54, 1.807) is 12.1 Å². The number of halogens is 1. The lowest BCUT2D eigenvalue weighted by Crippen LogP contribution is -2.04. The van der Waals surface area contributed by atoms with Crippen LogP contribution in [-0.4, -0.2) is 31.4 Å². The van der Waals surface area contributed by atoms with Gasteiger partial charge in [-0.1, -0.05) is 23.7 Å². The Morgan fingerprint density at radius 1 is 1.06 bits per heavy atom. The molecule has 3 heterocycles. The molecule has 180 valence electrons. The number of nitrogens with zero attached hydrogens (tertiary/aromatic N) is 6. The van der Waals surface area contributed by atoms with Crippen LogP contribution in [0.5, 0.6) is 0 Å². The summed E-state index contributed by atoms with van der Waals surface area (Å²) in [6.07, 6.45) is 1.42. The average molecular weight is 505 g/mol. The molecule has 5 rings (SSSR count). The maximum Gasteiger partial charge on any atom is 0.270 e. The van der Waals surface area contributed by atoms with Crippen molar-refractivity contribution in [1.82, 2.24) is 20.3 Å². The van der Waals surface area contributed by atoms with Crippen LogP contribution < -0.4 is 10.7 Å². The first-order valence-electron chi connectivity index (χ1n) is 10.6. The minimum absolute atomic E-state index is 0.0946. The van der Waals surface area contributed by atoms with Crippen molar-refractivity contribution in [2.75, 3.05) is 10.7 Å². The van der Waals surface area contributed by atoms with E-state index in [0.29, 0.717) is 27.9 Å². The van der Waals surface area contributed by atoms with Crippen LogP contribution in [0.15, 0.2) is 62.7 Å². The van der Waals surface area contributed by atoms with E-state index >= 15 is 0 Å². The molecule has 12 nitrogen and oxygen atoms in total. The molecule has 0 saturated carbocycles. The van der Waals surface area contributed by atoms with Gasteiger partial charge >= 0.3 is 0 Å². The van der Waals surface area contributed by atoms with Gasteiger partial charge in [-0.2, -0.15) is 10.1 Å². The Labute approximate surface area is 208 Å². The van der Waals surface area contributed by atoms with E-state index in [4.69, 9.17) is 20.6 Å². The smallest absolute Gasteiger partial charge is 0.270 e. The van der Waals surface area contributed by atoms with Crippen molar-refractivity contribution in [3.8, 4) is 11.3 Å². The summed E-state index contributed by atoms with van der Waals surface area (Å²) in [5.41, 5.74) is 6.59. The highest BCUT2D eigenvalue weighted by molar-refractivity contribution is 6.33. The minimum atomic E-state index is -0.499. The van der Waals surface area contributed by atoms with E-state index in [-0.39, 0.29) is 22.8 Å². The van der Waals surface area contributed by atoms with Crippen LogP contribution >= 0.6 is 11.6 Å². The maximum absolute atomic E-state index is 11.1. The average Bonchev–Trinajstić information content (AvgIpc) is 3.51. The maximum atomic E-state index is 11.1. The van der Waals surface area contributed by atoms with Gasteiger partial charge in [0.25, 0.3) is 5.69 Å². The number of hydrogen-bond acceptors (Lipinski definition) is 11. The van der Waals surface area contributed by atoms with Gasteiger partial charge in [0.05, 0.1) is 16.2 Å². The fourth-order valence-corrected chi connectivity index (χ4v) is 3.57. The lowest BCUT2D eigenvalue weighted by molar-refractivity contribution is -0.384. The van der Waals surface area contributed by atoms with Gasteiger partial charge in [-0.15, -0.1) is 0 Å². The predicted molar refractivity (Wildman–Crippen MR) is 134 cm³/mol. The van der Waals surface area contributed by atoms with Crippen LogP contribution in [0, 0.1) is 24.0 Å². The summed E-state index contributed by atoms with van der Waals surface area (Å²) in [5.74, 6) is 1.38. The molecule has 0 fully saturated rings. The molecule has 0 radical (unpaired) electrons. The van der Waals surface area contributed by atoms with Crippen molar-refractivity contribution in [3.63, 3.8) is 0 Å². The van der Waals surface area contributed by atoms with E-state index in [1.165, 1.54) is 24.4 Å². The number of non-ortho nitro benzene ring substituents is 1. The zero-order valence-corrected chi connectivity index (χ0v) is 19.6. The highest BCUT2D eigenvalue weighted by atomic mass is 35.5. The van der Waals surface area contributed by atoms with Gasteiger partial charge in [0.15, 0.2) is 11.6 Å². The van der Waals surface area contributed by atoms with Gasteiger partial charge in [-0.3, -0.25) is 15.5 Å². The van der Waals surface area contributed by atoms with Crippen LogP contribution in [0.4, 0.5) is 23.0 Å². The molecule has 5 aromatic rings. The lowest BCUT2D eigenvalue weighted by Gasteiger charge is -2.12. The van der Waals surface area contributed by atoms with Gasteiger partial charge in [0, 0.05) is 23.4 Å². The topological polar surface area (TPSA) is 157 Å². The quantitative estimate of drug-likeness (QED) is 0.161. The highest BCUT2D eigenvalue weighted by Gasteiger charge is 2.15. The molecule has 0 spiro atoms. The normalized spacial score (nSPS) is 11.3. The van der Waals surface area contributed by atoms with Crippen LogP contribution in [0.25, 0.3) is 22.6 Å². The SMILES string of the molecule is Cc1cccc(Nc2nc3nonc3nc2N/N=C/c2ccc(-c3cc([N+](=O)[O-])ccc3Cl)o2)c1C. The van der Waals surface area contributed by atoms with E-state index < -0.39 is 4.92 Å². The van der Waals surface area contributed by atoms with Gasteiger partial charge < -0.3 is 9.73 Å². The molecule has 0 atom stereocenters. The summed E-state index contributed by atoms with van der Waals surface area (Å²) in [5, 5.41) is 26.3. The predicted octanol–water partition coefficient (Wildman–Crippen LogP) is 5.64. The van der Waals surface area contributed by atoms with Gasteiger partial charge in [0.2, 0.25) is 11.3 Å². The number of nitro groups is 1. The molecule has 13 heteroatoms. The molecule has 0 unspecified atom stereocenters. The fraction of sp³-hybridized carbons (Fsp3) is 0.0870. The number of rotatable bonds is 7. The number of fused-ring (bicyclic) bond motifs is 1. The minimum Gasteiger partial charge on any atom is -0.455 e. The Kier molecular flexibility index (Phi) is 6.00. The third kappa shape index (κ3) is 4.57. The van der Waals surface area contributed by atoms with Crippen molar-refractivity contribution in [2.45, 2.75) is 13.8 Å². The first-order valence-corrected chi connectivity index (χ1v) is 10.9. The molecule has 0 aliphatic carbocycles. The second-order valence-electron chi connectivity index (χ2n) is 7.70. The first-order chi connectivity index (χ1) is 17.4. The van der Waals surface area contributed by atoms with E-state index in [2.05, 4.69) is 36.1 Å². The van der Waals surface area contributed by atoms with Crippen LogP contribution in [0.2, 0.25) is 5.02 Å². The molecular formula is C23H17ClN8O4. The Morgan fingerprint density at radius 2 is 1.83 bits per heavy atom. The van der Waals surface area contributed by atoms with Gasteiger partial charge in [-0.25, -0.2) is 9.61 Å². The number of nitrogens with one attached hydrogen (secondary N) is 2. The molecular weight excluding hydrogens is 488 g/mol. The Bertz CT molecular complexity index is 1630. The van der Waals surface area contributed by atoms with Crippen molar-refractivity contribution >= 4 is 52.1 Å². The largest absolute Gasteiger partial charge is 0.455 e. The number of aromatic nitrogens is 4. The molecule has 3 aromatic heterocycles. The molecule has 2 aromatic carbocycles. The molecule has 0 amide bonds. The van der Waals surface area contributed by atoms with Gasteiger partial charge in [0.1, 0.15) is 11.5 Å². The number of anilines is 3. The summed E-state index contributed by atoms with van der Waals surface area (Å²) in [6, 6.07) is 13.3. The second kappa shape index (κ2) is 9.43. The van der Waals surface area contributed by atoms with Crippen LogP contribution in [0.3, 0.4) is 0 Å². The van der Waals surface area contributed by atoms with Crippen molar-refractivity contribution < 1.29 is 14.0 Å². The van der Waals surface area contributed by atoms with E-state index in [0.717, 1.165) is 16.8 Å². The number of nitro benzene ring substituents is 1. The molecule has 0 aliphatic rings. The zero-order chi connectivity index (χ0) is 25.2. The second-order valence-corrected chi connectivity index (χ2v) is 8.11. The molecule has 0 bridgehead atoms. The number of hydrazone groups is 1. The standard InChI is InChI=1S/C23H17ClN8O4/c1-12-4-3-5-18(13(12)2)26-20-21(28-23-22(27-20)30-36-31-23)29-25-11-15-7-9-19(35-15)16-10-14(32(33)34)6-8-17(16)24/h3-11H,1-2H3,(H,26,27,30)(H,28,29,31)/b25-11+. The molecule has 36 heavy (non-hydrogen) atoms. The molecule has 0 aliphatic heterocycles. The van der Waals surface area contributed by atoms with Crippen LogP contribution in [-0.2, 0) is 0 Å². The molecule has 0 saturated heterocycles. The fourth-order valence-electron chi connectivity index (χ4n) is 3.36. The number of furan rings is 1. The Balaban J connectivity index is 1.40. The monoisotopic (exact) mass is 504 g/mol. The Hall–Kier alpha value is -4.84. The molecule has 2 N–H and O–H groups in total. The highest BCUT2D eigenvalue weighted by Crippen LogP contribution is 2.32. The van der Waals surface area contributed by atoms with Crippen molar-refractivity contribution in [1.29, 1.82) is 0 Å². The summed E-state index contributed by atoms with van der Waals surface area (Å²) in [7, 11) is 0. The summed E-state index contributed by atoms with van der Waals surface area (Å²) < 4.78 is 10.5. The Morgan fingerprint density at radius 3 is 2.61 bits per heavy atom. The van der Waals surface area contributed by atoms with Crippen molar-refractivity contribution in [3.05, 3.63) is 80.6 Å². The van der Waals surface area contributed by atoms with Crippen molar-refractivity contribution in [2.24, 2.45) is 5.10 Å². The number of aryl methyl sites for hydroxylation is 1. The zero-order valence-electron chi connectivity index (χ0n) is 18.9. The number of benzene rings is 2. The lowest BCUT2D eigenvalue weighted by atomic mass is 10.1. The third-order valence-electron chi connectivity index (χ3n) is 5.39. The summed E-state index contributed by atoms with van der Waals surface area (Å²) in [6.45, 7) is 4.01. The van der Waals surface area contributed by atoms with E-state index in [9.17, 15) is 10.1 Å². The summed E-state index contributed by atoms with van der Waals surface area (Å²) >= 11 is 6.20. The number of hydrogen-bond donors (Lipinski definition) is 2. The van der Waals surface area contributed by atoms with Crippen LogP contribution in [0.1, 0.15) is 16.9 Å².